The van der Waals surface area contributed by atoms with Crippen molar-refractivity contribution in [3.63, 3.8) is 0 Å². The quantitative estimate of drug-likeness (QED) is 0.731. The zero-order chi connectivity index (χ0) is 20.7. The Labute approximate surface area is 174 Å². The SMILES string of the molecule is CCCNC(=O)N(C1CCOCC1)C1CCN(S(=O)(=O)Cc2ccccc2)CC1. The van der Waals surface area contributed by atoms with Crippen LogP contribution in [0.1, 0.15) is 44.6 Å². The molecule has 1 aromatic carbocycles. The Morgan fingerprint density at radius 1 is 1.10 bits per heavy atom. The van der Waals surface area contributed by atoms with Crippen molar-refractivity contribution in [1.82, 2.24) is 14.5 Å². The van der Waals surface area contributed by atoms with Crippen LogP contribution in [0.3, 0.4) is 0 Å². The fraction of sp³-hybridized carbons (Fsp3) is 0.667. The van der Waals surface area contributed by atoms with Gasteiger partial charge in [0.2, 0.25) is 10.0 Å². The largest absolute Gasteiger partial charge is 0.381 e. The van der Waals surface area contributed by atoms with Crippen molar-refractivity contribution in [1.29, 1.82) is 0 Å². The molecule has 2 aliphatic heterocycles. The van der Waals surface area contributed by atoms with E-state index < -0.39 is 10.0 Å². The molecule has 8 heteroatoms. The highest BCUT2D eigenvalue weighted by Crippen LogP contribution is 2.26. The first-order chi connectivity index (χ1) is 14.0. The van der Waals surface area contributed by atoms with Crippen LogP contribution in [-0.2, 0) is 20.5 Å². The topological polar surface area (TPSA) is 79.0 Å². The first-order valence-electron chi connectivity index (χ1n) is 10.7. The minimum Gasteiger partial charge on any atom is -0.381 e. The molecule has 0 aliphatic carbocycles. The first-order valence-corrected chi connectivity index (χ1v) is 12.3. The lowest BCUT2D eigenvalue weighted by Crippen LogP contribution is -2.56. The Balaban J connectivity index is 1.63. The maximum atomic E-state index is 12.9. The summed E-state index contributed by atoms with van der Waals surface area (Å²) in [6, 6.07) is 9.50. The Morgan fingerprint density at radius 3 is 2.34 bits per heavy atom. The van der Waals surface area contributed by atoms with Gasteiger partial charge in [-0.05, 0) is 37.7 Å². The molecule has 2 heterocycles. The number of sulfonamides is 1. The van der Waals surface area contributed by atoms with Gasteiger partial charge >= 0.3 is 6.03 Å². The van der Waals surface area contributed by atoms with Gasteiger partial charge in [-0.15, -0.1) is 0 Å². The first kappa shape index (κ1) is 22.1. The van der Waals surface area contributed by atoms with Crippen molar-refractivity contribution in [3.05, 3.63) is 35.9 Å². The molecule has 0 aromatic heterocycles. The van der Waals surface area contributed by atoms with E-state index in [4.69, 9.17) is 4.74 Å². The number of benzene rings is 1. The molecule has 29 heavy (non-hydrogen) atoms. The maximum absolute atomic E-state index is 12.9. The van der Waals surface area contributed by atoms with Crippen molar-refractivity contribution in [2.24, 2.45) is 0 Å². The number of urea groups is 1. The van der Waals surface area contributed by atoms with Gasteiger partial charge in [-0.3, -0.25) is 0 Å². The minimum absolute atomic E-state index is 0.0238. The summed E-state index contributed by atoms with van der Waals surface area (Å²) in [6.45, 7) is 4.96. The van der Waals surface area contributed by atoms with Crippen LogP contribution in [0.25, 0.3) is 0 Å². The number of ether oxygens (including phenoxy) is 1. The Hall–Kier alpha value is -1.64. The Morgan fingerprint density at radius 2 is 1.72 bits per heavy atom. The van der Waals surface area contributed by atoms with Crippen LogP contribution in [0, 0.1) is 0 Å². The highest BCUT2D eigenvalue weighted by atomic mass is 32.2. The second-order valence-corrected chi connectivity index (χ2v) is 9.82. The molecular weight excluding hydrogens is 390 g/mol. The monoisotopic (exact) mass is 423 g/mol. The van der Waals surface area contributed by atoms with Gasteiger partial charge in [0.15, 0.2) is 0 Å². The van der Waals surface area contributed by atoms with E-state index in [1.54, 1.807) is 4.31 Å². The van der Waals surface area contributed by atoms with Gasteiger partial charge < -0.3 is 15.0 Å². The summed E-state index contributed by atoms with van der Waals surface area (Å²) in [6.07, 6.45) is 3.91. The van der Waals surface area contributed by atoms with Crippen molar-refractivity contribution >= 4 is 16.1 Å². The average molecular weight is 424 g/mol. The third-order valence-electron chi connectivity index (χ3n) is 5.75. The molecular formula is C21H33N3O4S. The lowest BCUT2D eigenvalue weighted by Gasteiger charge is -2.43. The lowest BCUT2D eigenvalue weighted by molar-refractivity contribution is 0.0255. The number of nitrogens with zero attached hydrogens (tertiary/aromatic N) is 2. The molecule has 7 nitrogen and oxygen atoms in total. The van der Waals surface area contributed by atoms with Crippen molar-refractivity contribution in [3.8, 4) is 0 Å². The van der Waals surface area contributed by atoms with E-state index in [1.165, 1.54) is 0 Å². The summed E-state index contributed by atoms with van der Waals surface area (Å²) in [5.74, 6) is 0.0270. The molecule has 0 saturated carbocycles. The second kappa shape index (κ2) is 10.4. The van der Waals surface area contributed by atoms with Crippen LogP contribution < -0.4 is 5.32 Å². The third kappa shape index (κ3) is 5.93. The van der Waals surface area contributed by atoms with E-state index in [2.05, 4.69) is 5.32 Å². The number of carbonyl (C=O) groups excluding carboxylic acids is 1. The molecule has 0 spiro atoms. The highest BCUT2D eigenvalue weighted by Gasteiger charge is 2.36. The van der Waals surface area contributed by atoms with Crippen LogP contribution in [0.4, 0.5) is 4.79 Å². The summed E-state index contributed by atoms with van der Waals surface area (Å²) < 4.78 is 32.7. The normalized spacial score (nSPS) is 19.8. The molecule has 0 unspecified atom stereocenters. The second-order valence-electron chi connectivity index (χ2n) is 7.85. The van der Waals surface area contributed by atoms with E-state index in [-0.39, 0.29) is 23.9 Å². The van der Waals surface area contributed by atoms with Gasteiger partial charge in [0.05, 0.1) is 5.75 Å². The molecule has 162 valence electrons. The molecule has 0 bridgehead atoms. The minimum atomic E-state index is -3.35. The molecule has 2 aliphatic rings. The zero-order valence-corrected chi connectivity index (χ0v) is 18.1. The predicted molar refractivity (Wildman–Crippen MR) is 113 cm³/mol. The van der Waals surface area contributed by atoms with E-state index in [9.17, 15) is 13.2 Å². The van der Waals surface area contributed by atoms with Gasteiger partial charge in [0, 0.05) is 44.9 Å². The molecule has 0 radical (unpaired) electrons. The molecule has 1 aromatic rings. The van der Waals surface area contributed by atoms with Crippen molar-refractivity contribution in [2.45, 2.75) is 56.9 Å². The van der Waals surface area contributed by atoms with Crippen LogP contribution in [-0.4, -0.2) is 68.6 Å². The van der Waals surface area contributed by atoms with E-state index in [0.717, 1.165) is 24.8 Å². The number of amides is 2. The molecule has 2 amide bonds. The van der Waals surface area contributed by atoms with Crippen LogP contribution in [0.15, 0.2) is 30.3 Å². The van der Waals surface area contributed by atoms with Crippen molar-refractivity contribution < 1.29 is 17.9 Å². The van der Waals surface area contributed by atoms with Crippen molar-refractivity contribution in [2.75, 3.05) is 32.8 Å². The van der Waals surface area contributed by atoms with Gasteiger partial charge in [-0.2, -0.15) is 0 Å². The van der Waals surface area contributed by atoms with Gasteiger partial charge in [-0.1, -0.05) is 37.3 Å². The fourth-order valence-corrected chi connectivity index (χ4v) is 5.75. The molecule has 2 saturated heterocycles. The Bertz CT molecular complexity index is 742. The summed E-state index contributed by atoms with van der Waals surface area (Å²) in [7, 11) is -3.35. The smallest absolute Gasteiger partial charge is 0.317 e. The number of nitrogens with one attached hydrogen (secondary N) is 1. The molecule has 3 rings (SSSR count). The average Bonchev–Trinajstić information content (AvgIpc) is 2.74. The number of piperidine rings is 1. The van der Waals surface area contributed by atoms with Gasteiger partial charge in [0.1, 0.15) is 0 Å². The van der Waals surface area contributed by atoms with E-state index >= 15 is 0 Å². The third-order valence-corrected chi connectivity index (χ3v) is 7.60. The van der Waals surface area contributed by atoms with Gasteiger partial charge in [0.25, 0.3) is 0 Å². The summed E-state index contributed by atoms with van der Waals surface area (Å²) in [4.78, 5) is 14.8. The van der Waals surface area contributed by atoms with Crippen LogP contribution in [0.5, 0.6) is 0 Å². The molecule has 2 fully saturated rings. The van der Waals surface area contributed by atoms with E-state index in [0.29, 0.717) is 45.7 Å². The lowest BCUT2D eigenvalue weighted by atomic mass is 9.99. The number of rotatable bonds is 7. The molecule has 0 atom stereocenters. The standard InChI is InChI=1S/C21H33N3O4S/c1-2-12-22-21(25)24(20-10-15-28-16-11-20)19-8-13-23(14-9-19)29(26,27)17-18-6-4-3-5-7-18/h3-7,19-20H,2,8-17H2,1H3,(H,22,25). The maximum Gasteiger partial charge on any atom is 0.317 e. The van der Waals surface area contributed by atoms with Gasteiger partial charge in [-0.25, -0.2) is 17.5 Å². The van der Waals surface area contributed by atoms with Crippen LogP contribution >= 0.6 is 0 Å². The number of hydrogen-bond donors (Lipinski definition) is 1. The summed E-state index contributed by atoms with van der Waals surface area (Å²) >= 11 is 0. The Kier molecular flexibility index (Phi) is 7.91. The van der Waals surface area contributed by atoms with Crippen LogP contribution in [0.2, 0.25) is 0 Å². The predicted octanol–water partition coefficient (Wildman–Crippen LogP) is 2.58. The fourth-order valence-electron chi connectivity index (χ4n) is 4.19. The van der Waals surface area contributed by atoms with E-state index in [1.807, 2.05) is 42.2 Å². The highest BCUT2D eigenvalue weighted by molar-refractivity contribution is 7.88. The zero-order valence-electron chi connectivity index (χ0n) is 17.3. The number of hydrogen-bond acceptors (Lipinski definition) is 4. The summed E-state index contributed by atoms with van der Waals surface area (Å²) in [5, 5.41) is 3.02. The summed E-state index contributed by atoms with van der Waals surface area (Å²) in [5.41, 5.74) is 0.803. The number of carbonyl (C=O) groups is 1. The molecule has 1 N–H and O–H groups in total.